The molecule has 0 aliphatic heterocycles. The summed E-state index contributed by atoms with van der Waals surface area (Å²) in [6.07, 6.45) is 0. The molecule has 4 aromatic carbocycles. The fourth-order valence-electron chi connectivity index (χ4n) is 4.68. The van der Waals surface area contributed by atoms with Crippen LogP contribution in [0.1, 0.15) is 0 Å². The number of rotatable bonds is 3. The summed E-state index contributed by atoms with van der Waals surface area (Å²) < 4.78 is 4.39. The van der Waals surface area contributed by atoms with Crippen LogP contribution < -0.4 is 0 Å². The van der Waals surface area contributed by atoms with Gasteiger partial charge in [-0.05, 0) is 30.0 Å². The van der Waals surface area contributed by atoms with E-state index in [0.717, 1.165) is 56.0 Å². The van der Waals surface area contributed by atoms with Crippen molar-refractivity contribution in [3.63, 3.8) is 0 Å². The topological polar surface area (TPSA) is 35.1 Å². The summed E-state index contributed by atoms with van der Waals surface area (Å²) in [7, 11) is 0. The van der Waals surface area contributed by atoms with Crippen LogP contribution in [0.5, 0.6) is 0 Å². The van der Waals surface area contributed by atoms with Crippen molar-refractivity contribution in [3.05, 3.63) is 121 Å². The van der Waals surface area contributed by atoms with Crippen molar-refractivity contribution in [2.45, 2.75) is 0 Å². The molecule has 168 valence electrons. The first kappa shape index (κ1) is 21.5. The van der Waals surface area contributed by atoms with Gasteiger partial charge in [-0.2, -0.15) is 24.3 Å². The fourth-order valence-corrected chi connectivity index (χ4v) is 4.68. The molecule has 3 heterocycles. The van der Waals surface area contributed by atoms with Crippen LogP contribution in [0.3, 0.4) is 0 Å². The molecule has 0 fully saturated rings. The Labute approximate surface area is 216 Å². The Hall–Kier alpha value is -4.01. The van der Waals surface area contributed by atoms with Gasteiger partial charge in [0, 0.05) is 5.56 Å². The van der Waals surface area contributed by atoms with Crippen LogP contribution in [0, 0.1) is 12.1 Å². The van der Waals surface area contributed by atoms with Gasteiger partial charge in [0.05, 0.1) is 22.2 Å². The standard InChI is InChI=1S/C30H18N4.Pt/c1-3-11-21(12-4-1)24-16-10-17-25(31-24)23-15-9-20-28-29(23)32-30-33(22-13-5-2-6-14-22)26-18-7-8-19-27(26)34(28)30;/h1-11,13,15-20H;/q-2;+2. The molecular weight excluding hydrogens is 611 g/mol. The largest absolute Gasteiger partial charge is 2.00 e. The van der Waals surface area contributed by atoms with Gasteiger partial charge in [0.15, 0.2) is 0 Å². The number of hydrogen-bond acceptors (Lipinski definition) is 2. The van der Waals surface area contributed by atoms with Crippen LogP contribution in [0.4, 0.5) is 0 Å². The van der Waals surface area contributed by atoms with Crippen LogP contribution in [-0.4, -0.2) is 18.9 Å². The first-order valence-electron chi connectivity index (χ1n) is 11.2. The van der Waals surface area contributed by atoms with Gasteiger partial charge in [-0.1, -0.05) is 42.1 Å². The predicted octanol–water partition coefficient (Wildman–Crippen LogP) is 6.76. The number of aromatic nitrogens is 4. The van der Waals surface area contributed by atoms with E-state index in [1.54, 1.807) is 0 Å². The molecule has 0 N–H and O–H groups in total. The quantitative estimate of drug-likeness (QED) is 0.203. The van der Waals surface area contributed by atoms with Gasteiger partial charge in [0.25, 0.3) is 0 Å². The number of fused-ring (bicyclic) bond motifs is 5. The number of imidazole rings is 2. The minimum Gasteiger partial charge on any atom is -0.302 e. The van der Waals surface area contributed by atoms with Crippen LogP contribution >= 0.6 is 0 Å². The second-order valence-corrected chi connectivity index (χ2v) is 8.18. The molecule has 7 aromatic rings. The van der Waals surface area contributed by atoms with Gasteiger partial charge < -0.3 is 4.57 Å². The van der Waals surface area contributed by atoms with Crippen LogP contribution in [0.25, 0.3) is 56.0 Å². The Morgan fingerprint density at radius 2 is 1.29 bits per heavy atom. The Bertz CT molecular complexity index is 1800. The summed E-state index contributed by atoms with van der Waals surface area (Å²) in [5.74, 6) is 0.860. The van der Waals surface area contributed by atoms with Crippen molar-refractivity contribution in [2.24, 2.45) is 0 Å². The van der Waals surface area contributed by atoms with E-state index in [9.17, 15) is 0 Å². The van der Waals surface area contributed by atoms with E-state index in [-0.39, 0.29) is 21.1 Å². The molecule has 0 aliphatic carbocycles. The van der Waals surface area contributed by atoms with Gasteiger partial charge in [-0.25, -0.2) is 4.98 Å². The summed E-state index contributed by atoms with van der Waals surface area (Å²) >= 11 is 0. The molecule has 0 spiro atoms. The van der Waals surface area contributed by atoms with E-state index in [0.29, 0.717) is 0 Å². The second-order valence-electron chi connectivity index (χ2n) is 8.18. The van der Waals surface area contributed by atoms with E-state index in [4.69, 9.17) is 9.97 Å². The third-order valence-corrected chi connectivity index (χ3v) is 6.17. The number of pyridine rings is 1. The number of nitrogens with zero attached hydrogens (tertiary/aromatic N) is 4. The molecule has 0 aliphatic rings. The normalized spacial score (nSPS) is 11.2. The van der Waals surface area contributed by atoms with Gasteiger partial charge in [0.1, 0.15) is 5.52 Å². The SMILES string of the molecule is [Pt+2].[c-]1ccccc1-c1cccc(-c2cccc3c2nc2n(-c4[c-]cccc4)c4ccccc4n32)n1. The molecular formula is C30H18N4Pt. The summed E-state index contributed by atoms with van der Waals surface area (Å²) in [6, 6.07) is 43.4. The van der Waals surface area contributed by atoms with Crippen molar-refractivity contribution in [2.75, 3.05) is 0 Å². The molecule has 0 amide bonds. The van der Waals surface area contributed by atoms with Gasteiger partial charge in [-0.3, -0.25) is 9.38 Å². The Balaban J connectivity index is 0.00000229. The summed E-state index contributed by atoms with van der Waals surface area (Å²) in [5.41, 5.74) is 8.91. The van der Waals surface area contributed by atoms with Crippen LogP contribution in [0.2, 0.25) is 0 Å². The van der Waals surface area contributed by atoms with E-state index in [1.807, 2.05) is 60.7 Å². The van der Waals surface area contributed by atoms with E-state index in [1.165, 1.54) is 0 Å². The van der Waals surface area contributed by atoms with E-state index >= 15 is 0 Å². The molecule has 5 heteroatoms. The van der Waals surface area contributed by atoms with Crippen LogP contribution in [-0.2, 0) is 21.1 Å². The van der Waals surface area contributed by atoms with Crippen molar-refractivity contribution >= 4 is 27.8 Å². The van der Waals surface area contributed by atoms with Crippen LogP contribution in [0.15, 0.2) is 109 Å². The number of para-hydroxylation sites is 4. The average molecular weight is 630 g/mol. The third-order valence-electron chi connectivity index (χ3n) is 6.17. The molecule has 4 nitrogen and oxygen atoms in total. The monoisotopic (exact) mass is 629 g/mol. The number of hydrogen-bond donors (Lipinski definition) is 0. The third kappa shape index (κ3) is 3.41. The molecule has 3 aromatic heterocycles. The van der Waals surface area contributed by atoms with Crippen molar-refractivity contribution in [3.8, 4) is 28.2 Å². The zero-order chi connectivity index (χ0) is 22.5. The average Bonchev–Trinajstić information content (AvgIpc) is 3.44. The van der Waals surface area contributed by atoms with E-state index in [2.05, 4.69) is 69.6 Å². The summed E-state index contributed by atoms with van der Waals surface area (Å²) in [5, 5.41) is 0. The maximum Gasteiger partial charge on any atom is 2.00 e. The molecule has 0 atom stereocenters. The molecule has 7 rings (SSSR count). The molecule has 0 bridgehead atoms. The van der Waals surface area contributed by atoms with Gasteiger partial charge in [0.2, 0.25) is 5.78 Å². The summed E-state index contributed by atoms with van der Waals surface area (Å²) in [4.78, 5) is 10.1. The first-order chi connectivity index (χ1) is 16.9. The van der Waals surface area contributed by atoms with Crippen molar-refractivity contribution < 1.29 is 21.1 Å². The molecule has 0 radical (unpaired) electrons. The molecule has 0 saturated heterocycles. The van der Waals surface area contributed by atoms with Gasteiger partial charge in [-0.15, -0.1) is 42.0 Å². The Morgan fingerprint density at radius 1 is 0.571 bits per heavy atom. The number of benzene rings is 4. The zero-order valence-corrected chi connectivity index (χ0v) is 20.8. The van der Waals surface area contributed by atoms with Crippen molar-refractivity contribution in [1.82, 2.24) is 18.9 Å². The van der Waals surface area contributed by atoms with Crippen molar-refractivity contribution in [1.29, 1.82) is 0 Å². The first-order valence-corrected chi connectivity index (χ1v) is 11.2. The minimum absolute atomic E-state index is 0. The Kier molecular flexibility index (Phi) is 5.32. The zero-order valence-electron chi connectivity index (χ0n) is 18.5. The Morgan fingerprint density at radius 3 is 2.09 bits per heavy atom. The maximum atomic E-state index is 5.17. The molecule has 35 heavy (non-hydrogen) atoms. The minimum atomic E-state index is 0. The predicted molar refractivity (Wildman–Crippen MR) is 136 cm³/mol. The fraction of sp³-hybridized carbons (Fsp3) is 0. The maximum absolute atomic E-state index is 5.17. The molecule has 0 saturated carbocycles. The second kappa shape index (κ2) is 8.65. The summed E-state index contributed by atoms with van der Waals surface area (Å²) in [6.45, 7) is 0. The van der Waals surface area contributed by atoms with E-state index < -0.39 is 0 Å². The smallest absolute Gasteiger partial charge is 0.302 e. The molecule has 0 unspecified atom stereocenters. The van der Waals surface area contributed by atoms with Gasteiger partial charge >= 0.3 is 21.1 Å².